The Hall–Kier alpha value is -4.18. The SMILES string of the molecule is Fc1ccc(COc2ccc(C=Nc3ccc([C@@H]4Nc5ccccc5[C@H]5C=CC[C@@H]54)cc3)cc2)cc1. The van der Waals surface area contributed by atoms with Gasteiger partial charge in [0, 0.05) is 17.8 Å². The van der Waals surface area contributed by atoms with E-state index in [2.05, 4.69) is 71.0 Å². The highest BCUT2D eigenvalue weighted by molar-refractivity contribution is 5.82. The highest BCUT2D eigenvalue weighted by Crippen LogP contribution is 2.49. The van der Waals surface area contributed by atoms with E-state index in [1.54, 1.807) is 12.1 Å². The fourth-order valence-corrected chi connectivity index (χ4v) is 5.19. The minimum atomic E-state index is -0.242. The molecule has 6 rings (SSSR count). The van der Waals surface area contributed by atoms with Crippen molar-refractivity contribution in [2.45, 2.75) is 25.0 Å². The monoisotopic (exact) mass is 474 g/mol. The van der Waals surface area contributed by atoms with Gasteiger partial charge in [-0.2, -0.15) is 0 Å². The number of rotatable bonds is 6. The highest BCUT2D eigenvalue weighted by atomic mass is 19.1. The largest absolute Gasteiger partial charge is 0.489 e. The summed E-state index contributed by atoms with van der Waals surface area (Å²) < 4.78 is 18.8. The molecular weight excluding hydrogens is 447 g/mol. The fourth-order valence-electron chi connectivity index (χ4n) is 5.19. The molecule has 0 amide bonds. The van der Waals surface area contributed by atoms with Gasteiger partial charge in [0.25, 0.3) is 0 Å². The topological polar surface area (TPSA) is 33.6 Å². The smallest absolute Gasteiger partial charge is 0.123 e. The van der Waals surface area contributed by atoms with Gasteiger partial charge in [-0.3, -0.25) is 4.99 Å². The number of benzene rings is 4. The molecule has 3 nitrogen and oxygen atoms in total. The number of hydrogen-bond donors (Lipinski definition) is 1. The number of allylic oxidation sites excluding steroid dienone is 2. The van der Waals surface area contributed by atoms with Crippen molar-refractivity contribution >= 4 is 17.6 Å². The third-order valence-electron chi connectivity index (χ3n) is 7.09. The van der Waals surface area contributed by atoms with E-state index < -0.39 is 0 Å². The molecule has 3 atom stereocenters. The van der Waals surface area contributed by atoms with Gasteiger partial charge in [-0.05, 0) is 89.2 Å². The lowest BCUT2D eigenvalue weighted by Gasteiger charge is -2.37. The van der Waals surface area contributed by atoms with Gasteiger partial charge in [-0.1, -0.05) is 54.6 Å². The van der Waals surface area contributed by atoms with Crippen LogP contribution in [-0.2, 0) is 6.61 Å². The van der Waals surface area contributed by atoms with Crippen LogP contribution in [0.15, 0.2) is 114 Å². The predicted octanol–water partition coefficient (Wildman–Crippen LogP) is 7.98. The Morgan fingerprint density at radius 3 is 2.47 bits per heavy atom. The molecule has 1 aliphatic carbocycles. The van der Waals surface area contributed by atoms with Crippen molar-refractivity contribution in [2.75, 3.05) is 5.32 Å². The van der Waals surface area contributed by atoms with Crippen LogP contribution in [0.3, 0.4) is 0 Å². The Balaban J connectivity index is 1.10. The van der Waals surface area contributed by atoms with Gasteiger partial charge in [0.15, 0.2) is 0 Å². The Bertz CT molecular complexity index is 1390. The van der Waals surface area contributed by atoms with E-state index in [0.717, 1.165) is 29.0 Å². The average Bonchev–Trinajstić information content (AvgIpc) is 3.43. The lowest BCUT2D eigenvalue weighted by Crippen LogP contribution is -2.28. The van der Waals surface area contributed by atoms with Crippen LogP contribution in [0.5, 0.6) is 5.75 Å². The van der Waals surface area contributed by atoms with Crippen molar-refractivity contribution in [3.05, 3.63) is 137 Å². The quantitative estimate of drug-likeness (QED) is 0.227. The third kappa shape index (κ3) is 4.67. The van der Waals surface area contributed by atoms with Crippen molar-refractivity contribution in [2.24, 2.45) is 10.9 Å². The minimum absolute atomic E-state index is 0.242. The highest BCUT2D eigenvalue weighted by Gasteiger charge is 2.37. The lowest BCUT2D eigenvalue weighted by molar-refractivity contribution is 0.306. The van der Waals surface area contributed by atoms with E-state index in [1.165, 1.54) is 28.9 Å². The molecule has 2 aliphatic rings. The van der Waals surface area contributed by atoms with E-state index in [0.29, 0.717) is 24.5 Å². The Morgan fingerprint density at radius 2 is 1.67 bits per heavy atom. The van der Waals surface area contributed by atoms with Crippen LogP contribution in [0, 0.1) is 11.7 Å². The zero-order valence-corrected chi connectivity index (χ0v) is 19.8. The number of ether oxygens (including phenoxy) is 1. The number of aliphatic imine (C=N–C) groups is 1. The summed E-state index contributed by atoms with van der Waals surface area (Å²) in [6.07, 6.45) is 7.66. The van der Waals surface area contributed by atoms with E-state index in [4.69, 9.17) is 4.74 Å². The predicted molar refractivity (Wildman–Crippen MR) is 144 cm³/mol. The van der Waals surface area contributed by atoms with Gasteiger partial charge in [-0.25, -0.2) is 4.39 Å². The van der Waals surface area contributed by atoms with Crippen LogP contribution in [0.25, 0.3) is 0 Å². The third-order valence-corrected chi connectivity index (χ3v) is 7.09. The Labute approximate surface area is 211 Å². The van der Waals surface area contributed by atoms with Crippen molar-refractivity contribution in [1.82, 2.24) is 0 Å². The van der Waals surface area contributed by atoms with Crippen LogP contribution in [-0.4, -0.2) is 6.21 Å². The maximum Gasteiger partial charge on any atom is 0.123 e. The first kappa shape index (κ1) is 22.3. The van der Waals surface area contributed by atoms with Crippen molar-refractivity contribution in [3.8, 4) is 5.75 Å². The second kappa shape index (κ2) is 9.82. The van der Waals surface area contributed by atoms with Gasteiger partial charge in [-0.15, -0.1) is 0 Å². The molecular formula is C32H27FN2O. The molecule has 1 N–H and O–H groups in total. The first-order valence-electron chi connectivity index (χ1n) is 12.4. The molecule has 4 aromatic rings. The second-order valence-corrected chi connectivity index (χ2v) is 9.40. The summed E-state index contributed by atoms with van der Waals surface area (Å²) in [5.74, 6) is 1.54. The molecule has 0 radical (unpaired) electrons. The van der Waals surface area contributed by atoms with Gasteiger partial charge in [0.05, 0.1) is 11.7 Å². The van der Waals surface area contributed by atoms with E-state index >= 15 is 0 Å². The summed E-state index contributed by atoms with van der Waals surface area (Å²) in [7, 11) is 0. The van der Waals surface area contributed by atoms with Crippen LogP contribution in [0.1, 0.15) is 40.6 Å². The Kier molecular flexibility index (Phi) is 6.08. The molecule has 178 valence electrons. The molecule has 0 fully saturated rings. The molecule has 0 bridgehead atoms. The number of anilines is 1. The van der Waals surface area contributed by atoms with Crippen molar-refractivity contribution < 1.29 is 9.13 Å². The van der Waals surface area contributed by atoms with Gasteiger partial charge in [0.2, 0.25) is 0 Å². The van der Waals surface area contributed by atoms with Crippen LogP contribution in [0.2, 0.25) is 0 Å². The van der Waals surface area contributed by atoms with Crippen molar-refractivity contribution in [1.29, 1.82) is 0 Å². The van der Waals surface area contributed by atoms with E-state index in [-0.39, 0.29) is 5.82 Å². The van der Waals surface area contributed by atoms with Gasteiger partial charge < -0.3 is 10.1 Å². The van der Waals surface area contributed by atoms with E-state index in [9.17, 15) is 4.39 Å². The molecule has 1 aliphatic heterocycles. The van der Waals surface area contributed by atoms with Crippen LogP contribution in [0.4, 0.5) is 15.8 Å². The number of nitrogens with zero attached hydrogens (tertiary/aromatic N) is 1. The second-order valence-electron chi connectivity index (χ2n) is 9.40. The number of hydrogen-bond acceptors (Lipinski definition) is 3. The first-order chi connectivity index (χ1) is 17.7. The molecule has 0 aromatic heterocycles. The van der Waals surface area contributed by atoms with Gasteiger partial charge in [0.1, 0.15) is 18.2 Å². The maximum atomic E-state index is 13.0. The number of nitrogens with one attached hydrogen (secondary N) is 1. The Morgan fingerprint density at radius 1 is 0.889 bits per heavy atom. The number of para-hydroxylation sites is 1. The summed E-state index contributed by atoms with van der Waals surface area (Å²) >= 11 is 0. The number of fused-ring (bicyclic) bond motifs is 3. The molecule has 4 aromatic carbocycles. The summed E-state index contributed by atoms with van der Waals surface area (Å²) in [4.78, 5) is 4.66. The zero-order valence-electron chi connectivity index (χ0n) is 19.8. The normalized spacial score (nSPS) is 20.1. The maximum absolute atomic E-state index is 13.0. The molecule has 0 saturated carbocycles. The minimum Gasteiger partial charge on any atom is -0.489 e. The summed E-state index contributed by atoms with van der Waals surface area (Å²) in [5.41, 5.74) is 6.79. The van der Waals surface area contributed by atoms with Crippen molar-refractivity contribution in [3.63, 3.8) is 0 Å². The average molecular weight is 475 g/mol. The van der Waals surface area contributed by atoms with Crippen LogP contribution >= 0.6 is 0 Å². The fraction of sp³-hybridized carbons (Fsp3) is 0.156. The van der Waals surface area contributed by atoms with Gasteiger partial charge >= 0.3 is 0 Å². The molecule has 4 heteroatoms. The standard InChI is InChI=1S/C32H27FN2O/c33-25-14-8-23(9-15-25)21-36-27-18-10-22(11-19-27)20-34-26-16-12-24(13-17-26)32-30-6-3-5-28(30)29-4-1-2-7-31(29)35-32/h1-5,7-20,28,30,32,35H,6,21H2/t28-,30+,32+/m1/s1. The summed E-state index contributed by atoms with van der Waals surface area (Å²) in [5, 5.41) is 3.78. The lowest BCUT2D eigenvalue weighted by atomic mass is 9.77. The number of halogens is 1. The first-order valence-corrected chi connectivity index (χ1v) is 12.4. The summed E-state index contributed by atoms with van der Waals surface area (Å²) in [6, 6.07) is 31.7. The molecule has 1 heterocycles. The zero-order chi connectivity index (χ0) is 24.3. The van der Waals surface area contributed by atoms with E-state index in [1.807, 2.05) is 30.5 Å². The van der Waals surface area contributed by atoms with Crippen LogP contribution < -0.4 is 10.1 Å². The summed E-state index contributed by atoms with van der Waals surface area (Å²) in [6.45, 7) is 0.402. The molecule has 0 unspecified atom stereocenters. The molecule has 36 heavy (non-hydrogen) atoms. The molecule has 0 saturated heterocycles. The molecule has 0 spiro atoms.